The number of alkyl halides is 6. The highest BCUT2D eigenvalue weighted by Gasteiger charge is 2.78. The molecule has 0 spiro atoms. The number of rotatable bonds is 0. The monoisotopic (exact) mass is 268 g/mol. The van der Waals surface area contributed by atoms with Crippen molar-refractivity contribution in [1.29, 1.82) is 0 Å². The normalized spacial score (nSPS) is 18.4. The van der Waals surface area contributed by atoms with Crippen LogP contribution in [-0.2, 0) is 10.2 Å². The zero-order valence-electron chi connectivity index (χ0n) is 8.41. The highest BCUT2D eigenvalue weighted by molar-refractivity contribution is 6.07. The van der Waals surface area contributed by atoms with Gasteiger partial charge in [-0.25, -0.2) is 0 Å². The van der Waals surface area contributed by atoms with E-state index in [-0.39, 0.29) is 0 Å². The van der Waals surface area contributed by atoms with Crippen LogP contribution in [0.5, 0.6) is 0 Å². The van der Waals surface area contributed by atoms with Crippen LogP contribution in [0.4, 0.5) is 32.0 Å². The summed E-state index contributed by atoms with van der Waals surface area (Å²) in [5.41, 5.74) is -6.19. The molecule has 0 aromatic heterocycles. The van der Waals surface area contributed by atoms with Crippen LogP contribution in [0.25, 0.3) is 0 Å². The van der Waals surface area contributed by atoms with Gasteiger partial charge in [0.2, 0.25) is 0 Å². The molecular weight excluding hydrogens is 264 g/mol. The van der Waals surface area contributed by atoms with Gasteiger partial charge in [-0.2, -0.15) is 26.3 Å². The Labute approximate surface area is 96.6 Å². The second-order valence-electron chi connectivity index (χ2n) is 3.67. The minimum absolute atomic E-state index is 0.530. The lowest BCUT2D eigenvalue weighted by Gasteiger charge is -2.31. The molecule has 97 valence electrons. The minimum Gasteiger partial charge on any atom is -0.324 e. The number of fused-ring (bicyclic) bond motifs is 1. The second kappa shape index (κ2) is 3.39. The Morgan fingerprint density at radius 2 is 1.67 bits per heavy atom. The molecule has 0 unspecified atom stereocenters. The van der Waals surface area contributed by atoms with Gasteiger partial charge in [0.15, 0.2) is 0 Å². The zero-order chi connectivity index (χ0) is 13.8. The summed E-state index contributed by atoms with van der Waals surface area (Å²) in [7, 11) is 0. The van der Waals surface area contributed by atoms with E-state index in [9.17, 15) is 31.1 Å². The van der Waals surface area contributed by atoms with Crippen molar-refractivity contribution in [1.82, 2.24) is 0 Å². The number of amides is 1. The average Bonchev–Trinajstić information content (AvgIpc) is 2.47. The first-order valence-electron chi connectivity index (χ1n) is 4.58. The fourth-order valence-corrected chi connectivity index (χ4v) is 1.92. The fraction of sp³-hybridized carbons (Fsp3) is 0.300. The molecule has 18 heavy (non-hydrogen) atoms. The lowest BCUT2D eigenvalue weighted by molar-refractivity contribution is -0.288. The third kappa shape index (κ3) is 1.34. The first-order valence-corrected chi connectivity index (χ1v) is 4.58. The topological polar surface area (TPSA) is 29.1 Å². The predicted octanol–water partition coefficient (Wildman–Crippen LogP) is 2.80. The van der Waals surface area contributed by atoms with E-state index in [4.69, 9.17) is 0 Å². The quantitative estimate of drug-likeness (QED) is 0.720. The predicted molar refractivity (Wildman–Crippen MR) is 47.7 cm³/mol. The van der Waals surface area contributed by atoms with E-state index in [0.717, 1.165) is 12.1 Å². The molecule has 8 heteroatoms. The Bertz CT molecular complexity index is 490. The molecule has 2 rings (SSSR count). The average molecular weight is 268 g/mol. The second-order valence-corrected chi connectivity index (χ2v) is 3.67. The van der Waals surface area contributed by atoms with Gasteiger partial charge in [0, 0.05) is 11.3 Å². The molecule has 0 saturated carbocycles. The van der Waals surface area contributed by atoms with Gasteiger partial charge >= 0.3 is 12.4 Å². The van der Waals surface area contributed by atoms with E-state index in [1.54, 1.807) is 5.32 Å². The van der Waals surface area contributed by atoms with Crippen molar-refractivity contribution in [3.63, 3.8) is 0 Å². The summed E-state index contributed by atoms with van der Waals surface area (Å²) in [6.45, 7) is 0. The van der Waals surface area contributed by atoms with E-state index in [1.165, 1.54) is 0 Å². The van der Waals surface area contributed by atoms with Crippen LogP contribution < -0.4 is 5.32 Å². The standard InChI is InChI=1S/C10H4F6NO/c11-9(12,13)8(10(14,15)16)5-3-1-2-4-6(5)17-7(8)18/h1,3-4H,(H,17,18). The van der Waals surface area contributed by atoms with Crippen molar-refractivity contribution in [2.45, 2.75) is 17.8 Å². The van der Waals surface area contributed by atoms with Crippen LogP contribution in [0.15, 0.2) is 18.2 Å². The zero-order valence-corrected chi connectivity index (χ0v) is 8.41. The minimum atomic E-state index is -5.78. The molecule has 0 aliphatic carbocycles. The fourth-order valence-electron chi connectivity index (χ4n) is 1.92. The number of halogens is 6. The highest BCUT2D eigenvalue weighted by atomic mass is 19.4. The van der Waals surface area contributed by atoms with Crippen LogP contribution in [-0.4, -0.2) is 18.3 Å². The first-order chi connectivity index (χ1) is 8.12. The van der Waals surface area contributed by atoms with Gasteiger partial charge in [0.25, 0.3) is 11.3 Å². The van der Waals surface area contributed by atoms with Crippen LogP contribution in [0.1, 0.15) is 5.56 Å². The van der Waals surface area contributed by atoms with Crippen LogP contribution >= 0.6 is 0 Å². The number of hydrogen-bond acceptors (Lipinski definition) is 1. The molecule has 0 saturated heterocycles. The molecule has 1 amide bonds. The van der Waals surface area contributed by atoms with Crippen LogP contribution in [0, 0.1) is 6.07 Å². The SMILES string of the molecule is O=C1Nc2c[c]ccc2C1(C(F)(F)F)C(F)(F)F. The molecule has 1 aromatic rings. The Kier molecular flexibility index (Phi) is 2.40. The molecular formula is C10H4F6NO. The molecule has 1 aliphatic heterocycles. The Hall–Kier alpha value is -1.73. The van der Waals surface area contributed by atoms with Crippen molar-refractivity contribution in [2.75, 3.05) is 5.32 Å². The van der Waals surface area contributed by atoms with Crippen molar-refractivity contribution in [3.8, 4) is 0 Å². The summed E-state index contributed by atoms with van der Waals surface area (Å²) in [4.78, 5) is 11.3. The molecule has 0 fully saturated rings. The number of anilines is 1. The summed E-state index contributed by atoms with van der Waals surface area (Å²) in [6.07, 6.45) is -11.6. The summed E-state index contributed by atoms with van der Waals surface area (Å²) in [5.74, 6) is -2.14. The lowest BCUT2D eigenvalue weighted by atomic mass is 9.80. The van der Waals surface area contributed by atoms with Crippen molar-refractivity contribution >= 4 is 11.6 Å². The molecule has 0 bridgehead atoms. The Morgan fingerprint density at radius 1 is 1.11 bits per heavy atom. The Balaban J connectivity index is 2.81. The maximum atomic E-state index is 12.8. The van der Waals surface area contributed by atoms with Gasteiger partial charge in [-0.1, -0.05) is 12.1 Å². The van der Waals surface area contributed by atoms with E-state index >= 15 is 0 Å². The summed E-state index contributed by atoms with van der Waals surface area (Å²) >= 11 is 0. The van der Waals surface area contributed by atoms with E-state index < -0.39 is 34.9 Å². The summed E-state index contributed by atoms with van der Waals surface area (Å²) in [6, 6.07) is 4.66. The maximum Gasteiger partial charge on any atom is 0.416 e. The molecule has 1 heterocycles. The van der Waals surface area contributed by atoms with Crippen molar-refractivity contribution < 1.29 is 31.1 Å². The lowest BCUT2D eigenvalue weighted by Crippen LogP contribution is -2.58. The van der Waals surface area contributed by atoms with Gasteiger partial charge < -0.3 is 5.32 Å². The third-order valence-electron chi connectivity index (χ3n) is 2.71. The van der Waals surface area contributed by atoms with E-state index in [2.05, 4.69) is 6.07 Å². The molecule has 2 nitrogen and oxygen atoms in total. The van der Waals surface area contributed by atoms with Crippen molar-refractivity contribution in [2.24, 2.45) is 0 Å². The largest absolute Gasteiger partial charge is 0.416 e. The van der Waals surface area contributed by atoms with Gasteiger partial charge in [0.1, 0.15) is 0 Å². The number of benzene rings is 1. The van der Waals surface area contributed by atoms with E-state index in [1.807, 2.05) is 0 Å². The van der Waals surface area contributed by atoms with Gasteiger partial charge in [-0.05, 0) is 12.1 Å². The smallest absolute Gasteiger partial charge is 0.324 e. The van der Waals surface area contributed by atoms with Crippen LogP contribution in [0.2, 0.25) is 0 Å². The van der Waals surface area contributed by atoms with Crippen molar-refractivity contribution in [3.05, 3.63) is 29.8 Å². The summed E-state index contributed by atoms with van der Waals surface area (Å²) < 4.78 is 77.1. The van der Waals surface area contributed by atoms with E-state index in [0.29, 0.717) is 6.07 Å². The van der Waals surface area contributed by atoms with Gasteiger partial charge in [-0.3, -0.25) is 4.79 Å². The van der Waals surface area contributed by atoms with Crippen LogP contribution in [0.3, 0.4) is 0 Å². The third-order valence-corrected chi connectivity index (χ3v) is 2.71. The molecule has 1 N–H and O–H groups in total. The number of nitrogens with one attached hydrogen (secondary N) is 1. The highest BCUT2D eigenvalue weighted by Crippen LogP contribution is 2.57. The Morgan fingerprint density at radius 3 is 2.17 bits per heavy atom. The number of carbonyl (C=O) groups is 1. The van der Waals surface area contributed by atoms with Gasteiger partial charge in [0.05, 0.1) is 0 Å². The number of hydrogen-bond donors (Lipinski definition) is 1. The summed E-state index contributed by atoms with van der Waals surface area (Å²) in [5, 5.41) is 1.59. The number of carbonyl (C=O) groups excluding carboxylic acids is 1. The molecule has 1 aromatic carbocycles. The van der Waals surface area contributed by atoms with Gasteiger partial charge in [-0.15, -0.1) is 0 Å². The first kappa shape index (κ1) is 12.7. The molecule has 1 radical (unpaired) electrons. The molecule has 0 atom stereocenters. The molecule has 1 aliphatic rings. The maximum absolute atomic E-state index is 12.8.